The fourth-order valence-electron chi connectivity index (χ4n) is 2.28. The Morgan fingerprint density at radius 2 is 1.90 bits per heavy atom. The van der Waals surface area contributed by atoms with Crippen molar-refractivity contribution in [1.29, 1.82) is 0 Å². The van der Waals surface area contributed by atoms with E-state index in [1.54, 1.807) is 24.0 Å². The third-order valence-corrected chi connectivity index (χ3v) is 5.25. The maximum Gasteiger partial charge on any atom is 0.320 e. The van der Waals surface area contributed by atoms with Crippen molar-refractivity contribution in [2.24, 2.45) is 0 Å². The lowest BCUT2D eigenvalue weighted by molar-refractivity contribution is -0.143. The van der Waals surface area contributed by atoms with Gasteiger partial charge in [-0.15, -0.1) is 0 Å². The van der Waals surface area contributed by atoms with Gasteiger partial charge >= 0.3 is 5.97 Å². The van der Waals surface area contributed by atoms with E-state index < -0.39 is 12.0 Å². The number of aliphatic carboxylic acids is 1. The third-order valence-electron chi connectivity index (χ3n) is 3.67. The largest absolute Gasteiger partial charge is 0.480 e. The van der Waals surface area contributed by atoms with Crippen LogP contribution < -0.4 is 0 Å². The van der Waals surface area contributed by atoms with Gasteiger partial charge in [-0.05, 0) is 47.7 Å². The summed E-state index contributed by atoms with van der Waals surface area (Å²) in [5.41, 5.74) is 0.570. The zero-order valence-electron chi connectivity index (χ0n) is 11.6. The molecule has 0 saturated carbocycles. The normalized spacial score (nSPS) is 17.6. The van der Waals surface area contributed by atoms with Crippen LogP contribution in [0.25, 0.3) is 0 Å². The van der Waals surface area contributed by atoms with Crippen molar-refractivity contribution in [2.75, 3.05) is 26.2 Å². The Morgan fingerprint density at radius 3 is 2.43 bits per heavy atom. The molecule has 1 aromatic rings. The van der Waals surface area contributed by atoms with E-state index in [0.29, 0.717) is 36.8 Å². The molecule has 1 fully saturated rings. The highest BCUT2D eigenvalue weighted by molar-refractivity contribution is 14.1. The minimum atomic E-state index is -0.834. The molecular formula is C14H16ClIN2O3. The van der Waals surface area contributed by atoms with Crippen molar-refractivity contribution < 1.29 is 14.7 Å². The van der Waals surface area contributed by atoms with E-state index >= 15 is 0 Å². The molecule has 5 nitrogen and oxygen atoms in total. The van der Waals surface area contributed by atoms with E-state index in [1.807, 2.05) is 11.0 Å². The number of piperazine rings is 1. The first-order chi connectivity index (χ1) is 9.90. The van der Waals surface area contributed by atoms with Crippen molar-refractivity contribution >= 4 is 46.1 Å². The van der Waals surface area contributed by atoms with E-state index in [-0.39, 0.29) is 5.91 Å². The van der Waals surface area contributed by atoms with Gasteiger partial charge in [0, 0.05) is 35.3 Å². The van der Waals surface area contributed by atoms with Crippen LogP contribution in [0.3, 0.4) is 0 Å². The minimum Gasteiger partial charge on any atom is -0.480 e. The molecule has 21 heavy (non-hydrogen) atoms. The van der Waals surface area contributed by atoms with Crippen LogP contribution in [0, 0.1) is 3.57 Å². The summed E-state index contributed by atoms with van der Waals surface area (Å²) in [6.07, 6.45) is 0. The number of halogens is 2. The van der Waals surface area contributed by atoms with Crippen LogP contribution in [0.5, 0.6) is 0 Å². The van der Waals surface area contributed by atoms with E-state index in [9.17, 15) is 9.59 Å². The second-order valence-corrected chi connectivity index (χ2v) is 6.54. The molecule has 1 aromatic carbocycles. The predicted octanol–water partition coefficient (Wildman–Crippen LogP) is 2.18. The van der Waals surface area contributed by atoms with E-state index in [2.05, 4.69) is 22.6 Å². The Balaban J connectivity index is 2.00. The molecule has 1 N–H and O–H groups in total. The molecule has 1 heterocycles. The van der Waals surface area contributed by atoms with Gasteiger partial charge < -0.3 is 10.0 Å². The number of benzene rings is 1. The SMILES string of the molecule is CC(C(=O)O)N1CCN(C(=O)c2ccc(I)c(Cl)c2)CC1. The Kier molecular flexibility index (Phi) is 5.45. The highest BCUT2D eigenvalue weighted by Crippen LogP contribution is 2.21. The number of hydrogen-bond acceptors (Lipinski definition) is 3. The van der Waals surface area contributed by atoms with Crippen LogP contribution in [0.2, 0.25) is 5.02 Å². The molecule has 7 heteroatoms. The van der Waals surface area contributed by atoms with Gasteiger partial charge in [0.05, 0.1) is 5.02 Å². The van der Waals surface area contributed by atoms with Gasteiger partial charge in [-0.3, -0.25) is 14.5 Å². The first kappa shape index (κ1) is 16.5. The maximum absolute atomic E-state index is 12.4. The van der Waals surface area contributed by atoms with Crippen LogP contribution in [0.15, 0.2) is 18.2 Å². The molecule has 114 valence electrons. The van der Waals surface area contributed by atoms with E-state index in [1.165, 1.54) is 0 Å². The summed E-state index contributed by atoms with van der Waals surface area (Å²) in [4.78, 5) is 27.0. The number of hydrogen-bond donors (Lipinski definition) is 1. The maximum atomic E-state index is 12.4. The van der Waals surface area contributed by atoms with Gasteiger partial charge in [0.2, 0.25) is 0 Å². The number of nitrogens with zero attached hydrogens (tertiary/aromatic N) is 2. The molecular weight excluding hydrogens is 407 g/mol. The lowest BCUT2D eigenvalue weighted by atomic mass is 10.1. The van der Waals surface area contributed by atoms with Gasteiger partial charge in [-0.2, -0.15) is 0 Å². The number of carboxylic acid groups (broad SMARTS) is 1. The molecule has 0 aromatic heterocycles. The molecule has 1 unspecified atom stereocenters. The molecule has 0 spiro atoms. The topological polar surface area (TPSA) is 60.9 Å². The monoisotopic (exact) mass is 422 g/mol. The third kappa shape index (κ3) is 3.87. The van der Waals surface area contributed by atoms with Gasteiger partial charge in [-0.25, -0.2) is 0 Å². The average Bonchev–Trinajstić information content (AvgIpc) is 2.48. The fraction of sp³-hybridized carbons (Fsp3) is 0.429. The second kappa shape index (κ2) is 6.93. The van der Waals surface area contributed by atoms with Gasteiger partial charge in [0.25, 0.3) is 5.91 Å². The van der Waals surface area contributed by atoms with Crippen molar-refractivity contribution in [2.45, 2.75) is 13.0 Å². The van der Waals surface area contributed by atoms with Gasteiger partial charge in [0.1, 0.15) is 6.04 Å². The molecule has 1 atom stereocenters. The lowest BCUT2D eigenvalue weighted by Gasteiger charge is -2.36. The van der Waals surface area contributed by atoms with Crippen molar-refractivity contribution in [1.82, 2.24) is 9.80 Å². The zero-order valence-corrected chi connectivity index (χ0v) is 14.5. The van der Waals surface area contributed by atoms with Crippen LogP contribution in [-0.2, 0) is 4.79 Å². The summed E-state index contributed by atoms with van der Waals surface area (Å²) < 4.78 is 0.908. The average molecular weight is 423 g/mol. The molecule has 1 aliphatic heterocycles. The Labute approximate surface area is 142 Å². The quantitative estimate of drug-likeness (QED) is 0.759. The Hall–Kier alpha value is -0.860. The lowest BCUT2D eigenvalue weighted by Crippen LogP contribution is -2.53. The van der Waals surface area contributed by atoms with Crippen LogP contribution >= 0.6 is 34.2 Å². The van der Waals surface area contributed by atoms with Crippen molar-refractivity contribution in [3.63, 3.8) is 0 Å². The molecule has 1 amide bonds. The summed E-state index contributed by atoms with van der Waals surface area (Å²) >= 11 is 8.16. The van der Waals surface area contributed by atoms with E-state index in [4.69, 9.17) is 16.7 Å². The zero-order chi connectivity index (χ0) is 15.6. The van der Waals surface area contributed by atoms with Gasteiger partial charge in [-0.1, -0.05) is 11.6 Å². The summed E-state index contributed by atoms with van der Waals surface area (Å²) in [6, 6.07) is 4.74. The summed E-state index contributed by atoms with van der Waals surface area (Å²) in [7, 11) is 0. The van der Waals surface area contributed by atoms with E-state index in [0.717, 1.165) is 3.57 Å². The number of carboxylic acids is 1. The second-order valence-electron chi connectivity index (χ2n) is 4.97. The van der Waals surface area contributed by atoms with Crippen LogP contribution in [0.4, 0.5) is 0 Å². The number of carbonyl (C=O) groups is 2. The molecule has 2 rings (SSSR count). The van der Waals surface area contributed by atoms with Crippen LogP contribution in [-0.4, -0.2) is 59.0 Å². The first-order valence-electron chi connectivity index (χ1n) is 6.61. The number of rotatable bonds is 3. The first-order valence-corrected chi connectivity index (χ1v) is 8.07. The Morgan fingerprint density at radius 1 is 1.29 bits per heavy atom. The smallest absolute Gasteiger partial charge is 0.320 e. The van der Waals surface area contributed by atoms with Crippen LogP contribution in [0.1, 0.15) is 17.3 Å². The summed E-state index contributed by atoms with van der Waals surface area (Å²) in [5.74, 6) is -0.893. The highest BCUT2D eigenvalue weighted by Gasteiger charge is 2.27. The standard InChI is InChI=1S/C14H16ClIN2O3/c1-9(14(20)21)17-4-6-18(7-5-17)13(19)10-2-3-12(16)11(15)8-10/h2-3,8-9H,4-7H2,1H3,(H,20,21). The number of amides is 1. The Bertz CT molecular complexity index is 559. The fourth-order valence-corrected chi connectivity index (χ4v) is 2.80. The highest BCUT2D eigenvalue weighted by atomic mass is 127. The minimum absolute atomic E-state index is 0.0593. The summed E-state index contributed by atoms with van der Waals surface area (Å²) in [6.45, 7) is 3.85. The molecule has 0 radical (unpaired) electrons. The molecule has 1 saturated heterocycles. The molecule has 0 bridgehead atoms. The predicted molar refractivity (Wildman–Crippen MR) is 88.7 cm³/mol. The molecule has 0 aliphatic carbocycles. The van der Waals surface area contributed by atoms with Gasteiger partial charge in [0.15, 0.2) is 0 Å². The van der Waals surface area contributed by atoms with Crippen molar-refractivity contribution in [3.05, 3.63) is 32.4 Å². The number of carbonyl (C=O) groups excluding carboxylic acids is 1. The molecule has 1 aliphatic rings. The summed E-state index contributed by atoms with van der Waals surface area (Å²) in [5, 5.41) is 9.58. The van der Waals surface area contributed by atoms with Crippen molar-refractivity contribution in [3.8, 4) is 0 Å².